The van der Waals surface area contributed by atoms with E-state index in [9.17, 15) is 10.1 Å². The number of nitrogens with one attached hydrogen (secondary N) is 2. The summed E-state index contributed by atoms with van der Waals surface area (Å²) in [7, 11) is 0. The predicted octanol–water partition coefficient (Wildman–Crippen LogP) is 3.60. The average molecular weight is 372 g/mol. The highest BCUT2D eigenvalue weighted by Gasteiger charge is 2.24. The molecule has 4 aromatic rings. The highest BCUT2D eigenvalue weighted by atomic mass is 16.4. The molecular weight excluding hydrogens is 356 g/mol. The summed E-state index contributed by atoms with van der Waals surface area (Å²) in [6.45, 7) is 3.48. The van der Waals surface area contributed by atoms with E-state index in [1.54, 1.807) is 42.1 Å². The molecule has 0 fully saturated rings. The third-order valence-electron chi connectivity index (χ3n) is 4.22. The zero-order chi connectivity index (χ0) is 19.7. The lowest BCUT2D eigenvalue weighted by Gasteiger charge is -2.06. The minimum absolute atomic E-state index is 0.187. The van der Waals surface area contributed by atoms with Crippen LogP contribution in [0, 0.1) is 25.2 Å². The van der Waals surface area contributed by atoms with E-state index in [2.05, 4.69) is 26.6 Å². The highest BCUT2D eigenvalue weighted by molar-refractivity contribution is 6.07. The number of rotatable bonds is 4. The summed E-state index contributed by atoms with van der Waals surface area (Å²) < 4.78 is 7.35. The second-order valence-corrected chi connectivity index (χ2v) is 6.19. The van der Waals surface area contributed by atoms with Crippen LogP contribution in [-0.4, -0.2) is 25.7 Å². The van der Waals surface area contributed by atoms with Gasteiger partial charge in [-0.1, -0.05) is 12.1 Å². The normalized spacial score (nSPS) is 10.6. The van der Waals surface area contributed by atoms with Crippen molar-refractivity contribution in [3.05, 3.63) is 71.5 Å². The average Bonchev–Trinajstić information content (AvgIpc) is 3.41. The van der Waals surface area contributed by atoms with Crippen LogP contribution in [0.1, 0.15) is 27.5 Å². The van der Waals surface area contributed by atoms with Gasteiger partial charge in [0.15, 0.2) is 5.82 Å². The Morgan fingerprint density at radius 2 is 2.04 bits per heavy atom. The topological polar surface area (TPSA) is 113 Å². The second kappa shape index (κ2) is 6.89. The number of nitrogens with zero attached hydrogens (tertiary/aromatic N) is 4. The molecule has 0 spiro atoms. The monoisotopic (exact) mass is 372 g/mol. The van der Waals surface area contributed by atoms with Crippen molar-refractivity contribution in [2.45, 2.75) is 13.8 Å². The Morgan fingerprint density at radius 1 is 1.25 bits per heavy atom. The highest BCUT2D eigenvalue weighted by Crippen LogP contribution is 2.27. The molecule has 3 heterocycles. The molecule has 1 amide bonds. The van der Waals surface area contributed by atoms with Crippen LogP contribution in [-0.2, 0) is 0 Å². The van der Waals surface area contributed by atoms with E-state index in [0.29, 0.717) is 29.0 Å². The van der Waals surface area contributed by atoms with E-state index < -0.39 is 5.91 Å². The molecule has 1 aromatic carbocycles. The van der Waals surface area contributed by atoms with Crippen molar-refractivity contribution in [3.8, 4) is 23.3 Å². The smallest absolute Gasteiger partial charge is 0.260 e. The van der Waals surface area contributed by atoms with Gasteiger partial charge < -0.3 is 9.73 Å². The van der Waals surface area contributed by atoms with Crippen molar-refractivity contribution in [2.75, 3.05) is 5.32 Å². The number of H-pyrrole nitrogens is 1. The number of hydrogen-bond acceptors (Lipinski definition) is 5. The second-order valence-electron chi connectivity index (χ2n) is 6.19. The molecular formula is C20H16N6O2. The van der Waals surface area contributed by atoms with Crippen LogP contribution >= 0.6 is 0 Å². The number of aryl methyl sites for hydroxylation is 2. The molecule has 28 heavy (non-hydrogen) atoms. The molecule has 0 atom stereocenters. The van der Waals surface area contributed by atoms with Crippen LogP contribution in [0.5, 0.6) is 0 Å². The van der Waals surface area contributed by atoms with Crippen molar-refractivity contribution in [1.82, 2.24) is 19.7 Å². The van der Waals surface area contributed by atoms with E-state index in [-0.39, 0.29) is 11.1 Å². The fourth-order valence-corrected chi connectivity index (χ4v) is 2.96. The van der Waals surface area contributed by atoms with Gasteiger partial charge in [0.1, 0.15) is 28.8 Å². The van der Waals surface area contributed by atoms with Crippen molar-refractivity contribution in [2.24, 2.45) is 0 Å². The maximum absolute atomic E-state index is 12.9. The maximum atomic E-state index is 12.9. The summed E-state index contributed by atoms with van der Waals surface area (Å²) >= 11 is 0. The van der Waals surface area contributed by atoms with Gasteiger partial charge >= 0.3 is 0 Å². The third kappa shape index (κ3) is 3.05. The molecule has 0 aliphatic rings. The molecule has 8 heteroatoms. The molecule has 0 aliphatic carbocycles. The Labute approximate surface area is 160 Å². The Bertz CT molecular complexity index is 1190. The van der Waals surface area contributed by atoms with Gasteiger partial charge in [-0.25, -0.2) is 4.98 Å². The molecule has 0 radical (unpaired) electrons. The summed E-state index contributed by atoms with van der Waals surface area (Å²) in [5, 5.41) is 19.3. The summed E-state index contributed by atoms with van der Waals surface area (Å²) in [5.41, 5.74) is 1.73. The first-order valence-electron chi connectivity index (χ1n) is 8.54. The molecule has 2 N–H and O–H groups in total. The number of amides is 1. The number of carbonyl (C=O) groups excluding carboxylic acids is 1. The summed E-state index contributed by atoms with van der Waals surface area (Å²) in [4.78, 5) is 17.2. The largest absolute Gasteiger partial charge is 0.443 e. The summed E-state index contributed by atoms with van der Waals surface area (Å²) in [6, 6.07) is 12.9. The molecule has 8 nitrogen and oxygen atoms in total. The minimum Gasteiger partial charge on any atom is -0.443 e. The van der Waals surface area contributed by atoms with Gasteiger partial charge in [-0.15, -0.1) is 0 Å². The van der Waals surface area contributed by atoms with Crippen LogP contribution in [0.2, 0.25) is 0 Å². The van der Waals surface area contributed by atoms with E-state index >= 15 is 0 Å². The number of hydrogen-bond donors (Lipinski definition) is 2. The summed E-state index contributed by atoms with van der Waals surface area (Å²) in [6.07, 6.45) is 3.51. The van der Waals surface area contributed by atoms with Crippen molar-refractivity contribution in [3.63, 3.8) is 0 Å². The van der Waals surface area contributed by atoms with Crippen LogP contribution < -0.4 is 5.32 Å². The van der Waals surface area contributed by atoms with Gasteiger partial charge in [-0.05, 0) is 38.1 Å². The van der Waals surface area contributed by atoms with Crippen molar-refractivity contribution in [1.29, 1.82) is 5.26 Å². The van der Waals surface area contributed by atoms with E-state index in [1.165, 1.54) is 0 Å². The Hall–Kier alpha value is -4.12. The number of benzene rings is 1. The molecule has 0 bridgehead atoms. The van der Waals surface area contributed by atoms with Gasteiger partial charge in [0.2, 0.25) is 5.88 Å². The van der Waals surface area contributed by atoms with E-state index in [4.69, 9.17) is 4.42 Å². The van der Waals surface area contributed by atoms with Crippen LogP contribution in [0.4, 0.5) is 5.69 Å². The third-order valence-corrected chi connectivity index (χ3v) is 4.22. The van der Waals surface area contributed by atoms with Gasteiger partial charge in [0.25, 0.3) is 5.91 Å². The number of furan rings is 1. The zero-order valence-corrected chi connectivity index (χ0v) is 15.2. The lowest BCUT2D eigenvalue weighted by atomic mass is 10.1. The number of carbonyl (C=O) groups is 1. The Kier molecular flexibility index (Phi) is 4.26. The van der Waals surface area contributed by atoms with E-state index in [1.807, 2.05) is 25.1 Å². The zero-order valence-electron chi connectivity index (χ0n) is 15.2. The van der Waals surface area contributed by atoms with Gasteiger partial charge in [0, 0.05) is 23.6 Å². The number of aromatic amines is 1. The lowest BCUT2D eigenvalue weighted by Crippen LogP contribution is -2.14. The fourth-order valence-electron chi connectivity index (χ4n) is 2.96. The SMILES string of the molecule is Cc1nc(-c2cccc(NC(=O)c3c(C)oc(-n4cccc4)c3C#N)c2)n[nH]1. The summed E-state index contributed by atoms with van der Waals surface area (Å²) in [5.74, 6) is 1.52. The van der Waals surface area contributed by atoms with Gasteiger partial charge in [-0.3, -0.25) is 14.5 Å². The van der Waals surface area contributed by atoms with Crippen LogP contribution in [0.3, 0.4) is 0 Å². The molecule has 138 valence electrons. The van der Waals surface area contributed by atoms with Crippen molar-refractivity contribution < 1.29 is 9.21 Å². The first-order valence-corrected chi connectivity index (χ1v) is 8.54. The first kappa shape index (κ1) is 17.3. The first-order chi connectivity index (χ1) is 13.6. The van der Waals surface area contributed by atoms with Crippen molar-refractivity contribution >= 4 is 11.6 Å². The molecule has 4 rings (SSSR count). The molecule has 3 aromatic heterocycles. The number of nitriles is 1. The Morgan fingerprint density at radius 3 is 2.71 bits per heavy atom. The molecule has 0 unspecified atom stereocenters. The maximum Gasteiger partial charge on any atom is 0.260 e. The van der Waals surface area contributed by atoms with Gasteiger partial charge in [-0.2, -0.15) is 10.4 Å². The quantitative estimate of drug-likeness (QED) is 0.568. The fraction of sp³-hybridized carbons (Fsp3) is 0.100. The minimum atomic E-state index is -0.417. The number of anilines is 1. The lowest BCUT2D eigenvalue weighted by molar-refractivity contribution is 0.102. The molecule has 0 aliphatic heterocycles. The van der Waals surface area contributed by atoms with Crippen LogP contribution in [0.25, 0.3) is 17.3 Å². The number of aromatic nitrogens is 4. The predicted molar refractivity (Wildman–Crippen MR) is 102 cm³/mol. The molecule has 0 saturated heterocycles. The van der Waals surface area contributed by atoms with E-state index in [0.717, 1.165) is 5.56 Å². The standard InChI is InChI=1S/C20H16N6O2/c1-12-17(16(11-21)20(28-12)26-8-3-4-9-26)19(27)23-15-7-5-6-14(10-15)18-22-13(2)24-25-18/h3-10H,1-2H3,(H,23,27)(H,22,24,25). The molecule has 0 saturated carbocycles. The Balaban J connectivity index is 1.66. The van der Waals surface area contributed by atoms with Gasteiger partial charge in [0.05, 0.1) is 0 Å². The van der Waals surface area contributed by atoms with Crippen LogP contribution in [0.15, 0.2) is 53.2 Å².